The lowest BCUT2D eigenvalue weighted by atomic mass is 9.98. The molecule has 20 heavy (non-hydrogen) atoms. The van der Waals surface area contributed by atoms with E-state index in [4.69, 9.17) is 0 Å². The number of aliphatic hydroxyl groups excluding tert-OH is 1. The van der Waals surface area contributed by atoms with Crippen LogP contribution in [0.25, 0.3) is 0 Å². The second-order valence-corrected chi connectivity index (χ2v) is 5.63. The Kier molecular flexibility index (Phi) is 5.38. The number of piperidine rings is 1. The Labute approximate surface area is 120 Å². The van der Waals surface area contributed by atoms with Crippen LogP contribution in [0.1, 0.15) is 38.3 Å². The van der Waals surface area contributed by atoms with Crippen molar-refractivity contribution in [2.45, 2.75) is 32.7 Å². The summed E-state index contributed by atoms with van der Waals surface area (Å²) >= 11 is 0. The highest BCUT2D eigenvalue weighted by Crippen LogP contribution is 2.27. The molecule has 2 rings (SSSR count). The van der Waals surface area contributed by atoms with E-state index in [0.29, 0.717) is 5.69 Å². The summed E-state index contributed by atoms with van der Waals surface area (Å²) in [6.45, 7) is 6.76. The van der Waals surface area contributed by atoms with Crippen molar-refractivity contribution in [2.75, 3.05) is 31.1 Å². The molecule has 2 unspecified atom stereocenters. The first-order valence-electron chi connectivity index (χ1n) is 7.54. The number of halogens is 1. The van der Waals surface area contributed by atoms with E-state index in [1.165, 1.54) is 0 Å². The van der Waals surface area contributed by atoms with Crippen LogP contribution in [-0.2, 0) is 0 Å². The first-order valence-corrected chi connectivity index (χ1v) is 7.54. The monoisotopic (exact) mass is 280 g/mol. The molecule has 3 nitrogen and oxygen atoms in total. The van der Waals surface area contributed by atoms with E-state index in [0.717, 1.165) is 38.0 Å². The Hall–Kier alpha value is -1.13. The molecule has 1 aliphatic rings. The summed E-state index contributed by atoms with van der Waals surface area (Å²) in [6, 6.07) is 5.66. The minimum Gasteiger partial charge on any atom is -0.396 e. The maximum atomic E-state index is 14.3. The minimum atomic E-state index is -0.161. The molecule has 2 N–H and O–H groups in total. The molecule has 0 aromatic heterocycles. The molecule has 112 valence electrons. The molecule has 1 fully saturated rings. The number of anilines is 1. The minimum absolute atomic E-state index is 0.161. The Morgan fingerprint density at radius 1 is 1.50 bits per heavy atom. The van der Waals surface area contributed by atoms with Gasteiger partial charge < -0.3 is 15.3 Å². The average Bonchev–Trinajstić information content (AvgIpc) is 2.47. The van der Waals surface area contributed by atoms with Crippen LogP contribution in [0.3, 0.4) is 0 Å². The molecule has 0 amide bonds. The molecule has 1 aliphatic heterocycles. The zero-order valence-corrected chi connectivity index (χ0v) is 12.4. The molecule has 4 heteroatoms. The second-order valence-electron chi connectivity index (χ2n) is 5.63. The summed E-state index contributed by atoms with van der Waals surface area (Å²) < 4.78 is 14.3. The van der Waals surface area contributed by atoms with E-state index in [1.54, 1.807) is 6.07 Å². The predicted octanol–water partition coefficient (Wildman–Crippen LogP) is 2.70. The van der Waals surface area contributed by atoms with Crippen molar-refractivity contribution in [2.24, 2.45) is 5.92 Å². The van der Waals surface area contributed by atoms with Crippen molar-refractivity contribution in [3.05, 3.63) is 29.6 Å². The number of hydrogen-bond donors (Lipinski definition) is 2. The zero-order chi connectivity index (χ0) is 14.5. The number of rotatable bonds is 5. The first kappa shape index (κ1) is 15.3. The third-order valence-electron chi connectivity index (χ3n) is 4.10. The molecule has 0 bridgehead atoms. The van der Waals surface area contributed by atoms with Gasteiger partial charge in [0.15, 0.2) is 0 Å². The third kappa shape index (κ3) is 3.49. The molecule has 0 aliphatic carbocycles. The van der Waals surface area contributed by atoms with Crippen LogP contribution >= 0.6 is 0 Å². The zero-order valence-electron chi connectivity index (χ0n) is 12.4. The molecule has 0 spiro atoms. The molecule has 0 radical (unpaired) electrons. The molecule has 1 saturated heterocycles. The maximum absolute atomic E-state index is 14.3. The highest BCUT2D eigenvalue weighted by molar-refractivity contribution is 5.50. The summed E-state index contributed by atoms with van der Waals surface area (Å²) in [4.78, 5) is 2.06. The molecule has 1 heterocycles. The fourth-order valence-corrected chi connectivity index (χ4v) is 2.91. The Bertz CT molecular complexity index is 438. The highest BCUT2D eigenvalue weighted by Gasteiger charge is 2.21. The maximum Gasteiger partial charge on any atom is 0.146 e. The van der Waals surface area contributed by atoms with Crippen molar-refractivity contribution in [3.8, 4) is 0 Å². The molecular formula is C16H25FN2O. The van der Waals surface area contributed by atoms with Crippen molar-refractivity contribution in [1.29, 1.82) is 0 Å². The molecule has 1 aromatic rings. The van der Waals surface area contributed by atoms with Gasteiger partial charge in [0.05, 0.1) is 5.69 Å². The van der Waals surface area contributed by atoms with Crippen LogP contribution in [-0.4, -0.2) is 31.3 Å². The van der Waals surface area contributed by atoms with Crippen LogP contribution < -0.4 is 10.2 Å². The van der Waals surface area contributed by atoms with Gasteiger partial charge in [-0.05, 0) is 49.9 Å². The van der Waals surface area contributed by atoms with Gasteiger partial charge in [-0.3, -0.25) is 0 Å². The topological polar surface area (TPSA) is 35.5 Å². The summed E-state index contributed by atoms with van der Waals surface area (Å²) in [7, 11) is 0. The van der Waals surface area contributed by atoms with Gasteiger partial charge in [0.1, 0.15) is 5.82 Å². The highest BCUT2D eigenvalue weighted by atomic mass is 19.1. The number of nitrogens with zero attached hydrogens (tertiary/aromatic N) is 1. The van der Waals surface area contributed by atoms with Gasteiger partial charge >= 0.3 is 0 Å². The summed E-state index contributed by atoms with van der Waals surface area (Å²) in [5.41, 5.74) is 1.64. The fraction of sp³-hybridized carbons (Fsp3) is 0.625. The molecule has 1 aromatic carbocycles. The van der Waals surface area contributed by atoms with Crippen LogP contribution in [0, 0.1) is 11.7 Å². The summed E-state index contributed by atoms with van der Waals surface area (Å²) in [6.07, 6.45) is 2.05. The Morgan fingerprint density at radius 2 is 2.30 bits per heavy atom. The fourth-order valence-electron chi connectivity index (χ4n) is 2.91. The number of nitrogens with one attached hydrogen (secondary N) is 1. The standard InChI is InChI=1S/C16H25FN2O/c1-3-18-12(2)14-6-7-16(15(17)9-14)19-8-4-5-13(10-19)11-20/h6-7,9,12-13,18,20H,3-5,8,10-11H2,1-2H3. The van der Waals surface area contributed by atoms with Gasteiger partial charge in [0.25, 0.3) is 0 Å². The quantitative estimate of drug-likeness (QED) is 0.870. The van der Waals surface area contributed by atoms with Crippen LogP contribution in [0.15, 0.2) is 18.2 Å². The van der Waals surface area contributed by atoms with E-state index in [9.17, 15) is 9.50 Å². The summed E-state index contributed by atoms with van der Waals surface area (Å²) in [5, 5.41) is 12.6. The van der Waals surface area contributed by atoms with Gasteiger partial charge in [-0.25, -0.2) is 4.39 Å². The van der Waals surface area contributed by atoms with E-state index in [2.05, 4.69) is 10.2 Å². The predicted molar refractivity (Wildman–Crippen MR) is 80.5 cm³/mol. The molecule has 0 saturated carbocycles. The van der Waals surface area contributed by atoms with E-state index >= 15 is 0 Å². The molecular weight excluding hydrogens is 255 g/mol. The van der Waals surface area contributed by atoms with Crippen LogP contribution in [0.2, 0.25) is 0 Å². The van der Waals surface area contributed by atoms with Gasteiger partial charge in [-0.2, -0.15) is 0 Å². The second kappa shape index (κ2) is 7.04. The lowest BCUT2D eigenvalue weighted by molar-refractivity contribution is 0.208. The lowest BCUT2D eigenvalue weighted by Gasteiger charge is -2.34. The Balaban J connectivity index is 2.13. The Morgan fingerprint density at radius 3 is 2.95 bits per heavy atom. The lowest BCUT2D eigenvalue weighted by Crippen LogP contribution is -2.37. The van der Waals surface area contributed by atoms with E-state index < -0.39 is 0 Å². The van der Waals surface area contributed by atoms with Crippen molar-refractivity contribution in [3.63, 3.8) is 0 Å². The SMILES string of the molecule is CCNC(C)c1ccc(N2CCCC(CO)C2)c(F)c1. The number of aliphatic hydroxyl groups is 1. The van der Waals surface area contributed by atoms with Crippen molar-refractivity contribution >= 4 is 5.69 Å². The third-order valence-corrected chi connectivity index (χ3v) is 4.10. The van der Waals surface area contributed by atoms with Crippen molar-refractivity contribution in [1.82, 2.24) is 5.32 Å². The van der Waals surface area contributed by atoms with Gasteiger partial charge in [-0.1, -0.05) is 13.0 Å². The van der Waals surface area contributed by atoms with E-state index in [1.807, 2.05) is 26.0 Å². The smallest absolute Gasteiger partial charge is 0.146 e. The number of benzene rings is 1. The largest absolute Gasteiger partial charge is 0.396 e. The van der Waals surface area contributed by atoms with Crippen molar-refractivity contribution < 1.29 is 9.50 Å². The summed E-state index contributed by atoms with van der Waals surface area (Å²) in [5.74, 6) is 0.106. The van der Waals surface area contributed by atoms with Gasteiger partial charge in [-0.15, -0.1) is 0 Å². The molecule has 2 atom stereocenters. The van der Waals surface area contributed by atoms with Gasteiger partial charge in [0.2, 0.25) is 0 Å². The van der Waals surface area contributed by atoms with E-state index in [-0.39, 0.29) is 24.4 Å². The van der Waals surface area contributed by atoms with Crippen LogP contribution in [0.4, 0.5) is 10.1 Å². The van der Waals surface area contributed by atoms with Crippen LogP contribution in [0.5, 0.6) is 0 Å². The number of hydrogen-bond acceptors (Lipinski definition) is 3. The van der Waals surface area contributed by atoms with Gasteiger partial charge in [0, 0.05) is 25.7 Å². The first-order chi connectivity index (χ1) is 9.65. The normalized spacial score (nSPS) is 21.0. The average molecular weight is 280 g/mol.